The zero-order chi connectivity index (χ0) is 20.1. The molecule has 3 aromatic carbocycles. The number of aliphatic hydroxyl groups excluding tert-OH is 1. The number of rotatable bonds is 7. The maximum atomic E-state index is 14.0. The molecule has 0 heterocycles. The summed E-state index contributed by atoms with van der Waals surface area (Å²) < 4.78 is 20.8. The molecule has 1 N–H and O–H groups in total. The van der Waals surface area contributed by atoms with Gasteiger partial charge in [-0.2, -0.15) is 0 Å². The van der Waals surface area contributed by atoms with Crippen molar-refractivity contribution in [3.05, 3.63) is 94.5 Å². The van der Waals surface area contributed by atoms with Crippen LogP contribution in [0.5, 0.6) is 0 Å². The Kier molecular flexibility index (Phi) is 6.73. The minimum absolute atomic E-state index is 0.154. The van der Waals surface area contributed by atoms with E-state index in [-0.39, 0.29) is 6.61 Å². The lowest BCUT2D eigenvalue weighted by molar-refractivity contribution is 0.210. The molecule has 3 rings (SSSR count). The van der Waals surface area contributed by atoms with Crippen LogP contribution in [0, 0.1) is 0 Å². The SMILES string of the molecule is CN(C)c1ccc([P@](=O)(OCc2ccccc2)[C@@H](O)c2ccc(Br)cc2)cc1. The molecule has 0 aromatic heterocycles. The number of halogens is 1. The summed E-state index contributed by atoms with van der Waals surface area (Å²) in [4.78, 5) is 1.96. The fourth-order valence-electron chi connectivity index (χ4n) is 2.82. The maximum Gasteiger partial charge on any atom is 0.264 e. The number of hydrogen-bond acceptors (Lipinski definition) is 4. The number of nitrogens with zero attached hydrogens (tertiary/aromatic N) is 1. The molecule has 0 bridgehead atoms. The summed E-state index contributed by atoms with van der Waals surface area (Å²) in [5.74, 6) is -1.26. The third-order valence-electron chi connectivity index (χ3n) is 4.48. The lowest BCUT2D eigenvalue weighted by atomic mass is 10.2. The third-order valence-corrected chi connectivity index (χ3v) is 7.48. The topological polar surface area (TPSA) is 49.8 Å². The van der Waals surface area contributed by atoms with Crippen molar-refractivity contribution in [2.24, 2.45) is 0 Å². The third kappa shape index (κ3) is 4.73. The van der Waals surface area contributed by atoms with E-state index in [1.807, 2.05) is 73.6 Å². The monoisotopic (exact) mass is 459 g/mol. The first-order chi connectivity index (χ1) is 13.4. The van der Waals surface area contributed by atoms with Crippen molar-refractivity contribution in [1.82, 2.24) is 0 Å². The van der Waals surface area contributed by atoms with Gasteiger partial charge < -0.3 is 14.5 Å². The average Bonchev–Trinajstić information content (AvgIpc) is 2.73. The van der Waals surface area contributed by atoms with E-state index in [1.165, 1.54) is 0 Å². The van der Waals surface area contributed by atoms with Gasteiger partial charge in [0.15, 0.2) is 5.85 Å². The number of aliphatic hydroxyl groups is 1. The van der Waals surface area contributed by atoms with E-state index in [1.54, 1.807) is 24.3 Å². The second-order valence-corrected chi connectivity index (χ2v) is 10.1. The van der Waals surface area contributed by atoms with E-state index in [0.29, 0.717) is 10.9 Å². The van der Waals surface area contributed by atoms with E-state index in [0.717, 1.165) is 15.7 Å². The van der Waals surface area contributed by atoms with E-state index >= 15 is 0 Å². The second kappa shape index (κ2) is 9.06. The Balaban J connectivity index is 1.96. The summed E-state index contributed by atoms with van der Waals surface area (Å²) in [6, 6.07) is 24.0. The standard InChI is InChI=1S/C22H23BrNO3P/c1-24(2)20-12-14-21(15-13-20)28(26,27-16-17-6-4-3-5-7-17)22(25)18-8-10-19(23)11-9-18/h3-15,22,25H,16H2,1-2H3/t22-,28+/m1/s1. The number of hydrogen-bond donors (Lipinski definition) is 1. The smallest absolute Gasteiger partial charge is 0.264 e. The highest BCUT2D eigenvalue weighted by atomic mass is 79.9. The molecule has 6 heteroatoms. The van der Waals surface area contributed by atoms with Crippen LogP contribution in [0.4, 0.5) is 5.69 Å². The Labute approximate surface area is 174 Å². The Hall–Kier alpha value is -1.91. The van der Waals surface area contributed by atoms with Crippen LogP contribution in [-0.4, -0.2) is 19.2 Å². The molecule has 3 aromatic rings. The molecule has 146 valence electrons. The fourth-order valence-corrected chi connectivity index (χ4v) is 5.13. The highest BCUT2D eigenvalue weighted by Gasteiger charge is 2.36. The van der Waals surface area contributed by atoms with E-state index < -0.39 is 13.2 Å². The maximum absolute atomic E-state index is 14.0. The molecule has 28 heavy (non-hydrogen) atoms. The van der Waals surface area contributed by atoms with Gasteiger partial charge in [-0.25, -0.2) is 0 Å². The number of anilines is 1. The van der Waals surface area contributed by atoms with E-state index in [4.69, 9.17) is 4.52 Å². The summed E-state index contributed by atoms with van der Waals surface area (Å²) in [5, 5.41) is 11.5. The van der Waals surface area contributed by atoms with Crippen LogP contribution in [0.1, 0.15) is 17.0 Å². The molecule has 0 saturated heterocycles. The first-order valence-corrected chi connectivity index (χ1v) is 11.4. The van der Waals surface area contributed by atoms with Crippen molar-refractivity contribution < 1.29 is 14.2 Å². The van der Waals surface area contributed by atoms with Crippen molar-refractivity contribution in [2.75, 3.05) is 19.0 Å². The average molecular weight is 460 g/mol. The largest absolute Gasteiger partial charge is 0.378 e. The van der Waals surface area contributed by atoms with Crippen molar-refractivity contribution in [3.8, 4) is 0 Å². The molecule has 2 atom stereocenters. The summed E-state index contributed by atoms with van der Waals surface area (Å²) >= 11 is 3.39. The molecular weight excluding hydrogens is 437 g/mol. The van der Waals surface area contributed by atoms with Gasteiger partial charge in [0, 0.05) is 29.6 Å². The Bertz CT molecular complexity index is 944. The molecule has 0 saturated carbocycles. The zero-order valence-electron chi connectivity index (χ0n) is 15.8. The molecule has 0 amide bonds. The van der Waals surface area contributed by atoms with Gasteiger partial charge in [-0.15, -0.1) is 0 Å². The quantitative estimate of drug-likeness (QED) is 0.485. The summed E-state index contributed by atoms with van der Waals surface area (Å²) in [6.07, 6.45) is 0. The molecule has 4 nitrogen and oxygen atoms in total. The van der Waals surface area contributed by atoms with Crippen LogP contribution < -0.4 is 10.2 Å². The Morgan fingerprint density at radius 3 is 2.14 bits per heavy atom. The van der Waals surface area contributed by atoms with Crippen LogP contribution in [-0.2, 0) is 15.7 Å². The second-order valence-electron chi connectivity index (χ2n) is 6.69. The minimum Gasteiger partial charge on any atom is -0.378 e. The first-order valence-electron chi connectivity index (χ1n) is 8.90. The van der Waals surface area contributed by atoms with Crippen molar-refractivity contribution in [3.63, 3.8) is 0 Å². The van der Waals surface area contributed by atoms with Crippen LogP contribution in [0.2, 0.25) is 0 Å². The van der Waals surface area contributed by atoms with Crippen LogP contribution in [0.15, 0.2) is 83.3 Å². The normalized spacial score (nSPS) is 14.3. The minimum atomic E-state index is -3.59. The molecule has 0 fully saturated rings. The highest BCUT2D eigenvalue weighted by Crippen LogP contribution is 2.58. The van der Waals surface area contributed by atoms with Gasteiger partial charge >= 0.3 is 0 Å². The van der Waals surface area contributed by atoms with Gasteiger partial charge in [-0.1, -0.05) is 58.4 Å². The lowest BCUT2D eigenvalue weighted by Gasteiger charge is -2.25. The van der Waals surface area contributed by atoms with Gasteiger partial charge in [0.05, 0.1) is 6.61 Å². The van der Waals surface area contributed by atoms with Crippen LogP contribution in [0.3, 0.4) is 0 Å². The van der Waals surface area contributed by atoms with Crippen molar-refractivity contribution in [2.45, 2.75) is 12.5 Å². The van der Waals surface area contributed by atoms with Crippen LogP contribution in [0.25, 0.3) is 0 Å². The van der Waals surface area contributed by atoms with Gasteiger partial charge in [0.1, 0.15) is 0 Å². The van der Waals surface area contributed by atoms with Gasteiger partial charge in [-0.3, -0.25) is 4.57 Å². The fraction of sp³-hybridized carbons (Fsp3) is 0.182. The zero-order valence-corrected chi connectivity index (χ0v) is 18.3. The summed E-state index contributed by atoms with van der Waals surface area (Å²) in [7, 11) is 0.290. The molecule has 0 unspecified atom stereocenters. The Morgan fingerprint density at radius 1 is 0.964 bits per heavy atom. The van der Waals surface area contributed by atoms with Gasteiger partial charge in [-0.05, 0) is 47.5 Å². The molecule has 0 aliphatic carbocycles. The predicted octanol–water partition coefficient (Wildman–Crippen LogP) is 5.33. The number of benzene rings is 3. The first kappa shape index (κ1) is 20.8. The molecule has 0 aliphatic heterocycles. The van der Waals surface area contributed by atoms with Crippen LogP contribution >= 0.6 is 23.3 Å². The van der Waals surface area contributed by atoms with Gasteiger partial charge in [0.25, 0.3) is 7.37 Å². The summed E-state index contributed by atoms with van der Waals surface area (Å²) in [5.41, 5.74) is 2.43. The molecule has 0 aliphatic rings. The molecular formula is C22H23BrNO3P. The Morgan fingerprint density at radius 2 is 1.57 bits per heavy atom. The van der Waals surface area contributed by atoms with E-state index in [2.05, 4.69) is 15.9 Å². The van der Waals surface area contributed by atoms with Crippen molar-refractivity contribution in [1.29, 1.82) is 0 Å². The highest BCUT2D eigenvalue weighted by molar-refractivity contribution is 9.10. The predicted molar refractivity (Wildman–Crippen MR) is 118 cm³/mol. The lowest BCUT2D eigenvalue weighted by Crippen LogP contribution is -2.16. The molecule has 0 radical (unpaired) electrons. The van der Waals surface area contributed by atoms with Gasteiger partial charge in [0.2, 0.25) is 0 Å². The molecule has 0 spiro atoms. The van der Waals surface area contributed by atoms with Crippen molar-refractivity contribution >= 4 is 34.3 Å². The summed E-state index contributed by atoms with van der Waals surface area (Å²) in [6.45, 7) is 0.154. The van der Waals surface area contributed by atoms with E-state index in [9.17, 15) is 9.67 Å².